The summed E-state index contributed by atoms with van der Waals surface area (Å²) in [5.41, 5.74) is 3.85. The molecule has 2 aromatic carbocycles. The van der Waals surface area contributed by atoms with Crippen LogP contribution in [0.2, 0.25) is 0 Å². The standard InChI is InChI=1S/C22H25N5O/c1-17(23-26-15-13-25(2)14-16-26)20-21(18-9-5-3-6-10-18)24-27(22(20)28)19-11-7-4-8-12-19/h3-12,24H,13-16H2,1-2H3. The highest BCUT2D eigenvalue weighted by molar-refractivity contribution is 6.03. The second-order valence-electron chi connectivity index (χ2n) is 7.15. The lowest BCUT2D eigenvalue weighted by Crippen LogP contribution is -2.42. The van der Waals surface area contributed by atoms with Gasteiger partial charge >= 0.3 is 0 Å². The molecular formula is C22H25N5O. The summed E-state index contributed by atoms with van der Waals surface area (Å²) in [5.74, 6) is 0. The number of para-hydroxylation sites is 1. The average Bonchev–Trinajstić information content (AvgIpc) is 3.08. The van der Waals surface area contributed by atoms with Crippen molar-refractivity contribution in [3.8, 4) is 16.9 Å². The first-order chi connectivity index (χ1) is 13.6. The molecule has 1 aliphatic heterocycles. The maximum absolute atomic E-state index is 13.3. The summed E-state index contributed by atoms with van der Waals surface area (Å²) in [6, 6.07) is 19.6. The topological polar surface area (TPSA) is 56.6 Å². The minimum absolute atomic E-state index is 0.0829. The number of hydrogen-bond donors (Lipinski definition) is 1. The smallest absolute Gasteiger partial charge is 0.281 e. The quantitative estimate of drug-likeness (QED) is 0.714. The second-order valence-corrected chi connectivity index (χ2v) is 7.15. The molecule has 144 valence electrons. The minimum atomic E-state index is -0.0829. The highest BCUT2D eigenvalue weighted by Gasteiger charge is 2.20. The van der Waals surface area contributed by atoms with Crippen LogP contribution in [0.5, 0.6) is 0 Å². The van der Waals surface area contributed by atoms with Crippen LogP contribution < -0.4 is 5.56 Å². The Morgan fingerprint density at radius 1 is 0.929 bits per heavy atom. The Morgan fingerprint density at radius 2 is 1.54 bits per heavy atom. The van der Waals surface area contributed by atoms with E-state index in [1.54, 1.807) is 4.68 Å². The number of aromatic amines is 1. The number of rotatable bonds is 4. The molecule has 0 atom stereocenters. The van der Waals surface area contributed by atoms with Gasteiger partial charge in [-0.05, 0) is 26.1 Å². The molecule has 0 bridgehead atoms. The van der Waals surface area contributed by atoms with E-state index in [9.17, 15) is 4.79 Å². The van der Waals surface area contributed by atoms with Gasteiger partial charge in [0, 0.05) is 31.7 Å². The number of hydrazone groups is 1. The van der Waals surface area contributed by atoms with Gasteiger partial charge in [0.2, 0.25) is 0 Å². The van der Waals surface area contributed by atoms with Crippen molar-refractivity contribution in [2.75, 3.05) is 33.2 Å². The van der Waals surface area contributed by atoms with Crippen LogP contribution >= 0.6 is 0 Å². The van der Waals surface area contributed by atoms with Crippen LogP contribution in [0.3, 0.4) is 0 Å². The molecule has 1 saturated heterocycles. The minimum Gasteiger partial charge on any atom is -0.303 e. The third-order valence-corrected chi connectivity index (χ3v) is 5.10. The van der Waals surface area contributed by atoms with Crippen LogP contribution in [0.15, 0.2) is 70.6 Å². The molecule has 6 nitrogen and oxygen atoms in total. The van der Waals surface area contributed by atoms with E-state index in [4.69, 9.17) is 5.10 Å². The SMILES string of the molecule is CC(=NN1CCN(C)CC1)c1c(-c2ccccc2)[nH]n(-c2ccccc2)c1=O. The van der Waals surface area contributed by atoms with Crippen LogP contribution in [0.25, 0.3) is 16.9 Å². The molecule has 4 rings (SSSR count). The van der Waals surface area contributed by atoms with E-state index in [0.717, 1.165) is 48.8 Å². The maximum Gasteiger partial charge on any atom is 0.281 e. The van der Waals surface area contributed by atoms with Crippen molar-refractivity contribution >= 4 is 5.71 Å². The summed E-state index contributed by atoms with van der Waals surface area (Å²) in [4.78, 5) is 15.6. The van der Waals surface area contributed by atoms with Crippen LogP contribution in [0.4, 0.5) is 0 Å². The zero-order valence-electron chi connectivity index (χ0n) is 16.3. The molecule has 6 heteroatoms. The number of H-pyrrole nitrogens is 1. The number of benzene rings is 2. The van der Waals surface area contributed by atoms with Gasteiger partial charge in [-0.2, -0.15) is 5.10 Å². The summed E-state index contributed by atoms with van der Waals surface area (Å²) in [6.45, 7) is 5.61. The first-order valence-electron chi connectivity index (χ1n) is 9.58. The molecule has 1 aliphatic rings. The summed E-state index contributed by atoms with van der Waals surface area (Å²) in [5, 5.41) is 10.1. The van der Waals surface area contributed by atoms with Crippen LogP contribution in [-0.4, -0.2) is 58.6 Å². The van der Waals surface area contributed by atoms with Crippen LogP contribution in [0, 0.1) is 0 Å². The summed E-state index contributed by atoms with van der Waals surface area (Å²) in [7, 11) is 2.12. The zero-order valence-corrected chi connectivity index (χ0v) is 16.3. The highest BCUT2D eigenvalue weighted by Crippen LogP contribution is 2.21. The van der Waals surface area contributed by atoms with Crippen molar-refractivity contribution in [1.29, 1.82) is 0 Å². The van der Waals surface area contributed by atoms with Gasteiger partial charge in [0.05, 0.1) is 22.7 Å². The Labute approximate surface area is 164 Å². The molecule has 0 saturated carbocycles. The summed E-state index contributed by atoms with van der Waals surface area (Å²) in [6.07, 6.45) is 0. The summed E-state index contributed by atoms with van der Waals surface area (Å²) >= 11 is 0. The Balaban J connectivity index is 1.81. The number of hydrogen-bond acceptors (Lipinski definition) is 4. The number of nitrogens with zero attached hydrogens (tertiary/aromatic N) is 4. The van der Waals surface area contributed by atoms with Crippen LogP contribution in [0.1, 0.15) is 12.5 Å². The fourth-order valence-corrected chi connectivity index (χ4v) is 3.50. The van der Waals surface area contributed by atoms with Gasteiger partial charge in [-0.1, -0.05) is 48.5 Å². The van der Waals surface area contributed by atoms with Crippen molar-refractivity contribution in [1.82, 2.24) is 19.7 Å². The molecule has 28 heavy (non-hydrogen) atoms. The van der Waals surface area contributed by atoms with E-state index < -0.39 is 0 Å². The Bertz CT molecular complexity index is 1010. The van der Waals surface area contributed by atoms with Gasteiger partial charge in [-0.3, -0.25) is 14.9 Å². The highest BCUT2D eigenvalue weighted by atomic mass is 16.1. The van der Waals surface area contributed by atoms with E-state index in [2.05, 4.69) is 22.1 Å². The third-order valence-electron chi connectivity index (χ3n) is 5.10. The average molecular weight is 375 g/mol. The van der Waals surface area contributed by atoms with Gasteiger partial charge in [-0.25, -0.2) is 4.68 Å². The molecule has 1 fully saturated rings. The molecule has 0 spiro atoms. The van der Waals surface area contributed by atoms with Gasteiger partial charge < -0.3 is 4.90 Å². The lowest BCUT2D eigenvalue weighted by molar-refractivity contribution is 0.159. The number of likely N-dealkylation sites (N-methyl/N-ethyl adjacent to an activating group) is 1. The molecule has 3 aromatic rings. The van der Waals surface area contributed by atoms with Crippen molar-refractivity contribution in [2.24, 2.45) is 5.10 Å². The molecule has 2 heterocycles. The molecule has 1 aromatic heterocycles. The number of nitrogens with one attached hydrogen (secondary N) is 1. The van der Waals surface area contributed by atoms with Crippen molar-refractivity contribution in [2.45, 2.75) is 6.92 Å². The van der Waals surface area contributed by atoms with E-state index in [0.29, 0.717) is 5.56 Å². The van der Waals surface area contributed by atoms with Crippen molar-refractivity contribution in [3.63, 3.8) is 0 Å². The zero-order chi connectivity index (χ0) is 19.5. The Morgan fingerprint density at radius 3 is 2.18 bits per heavy atom. The largest absolute Gasteiger partial charge is 0.303 e. The summed E-state index contributed by atoms with van der Waals surface area (Å²) < 4.78 is 1.60. The Hall–Kier alpha value is -3.12. The number of aromatic nitrogens is 2. The molecule has 0 aliphatic carbocycles. The van der Waals surface area contributed by atoms with E-state index in [1.165, 1.54) is 0 Å². The van der Waals surface area contributed by atoms with Crippen molar-refractivity contribution in [3.05, 3.63) is 76.6 Å². The molecular weight excluding hydrogens is 350 g/mol. The molecule has 0 amide bonds. The second kappa shape index (κ2) is 7.86. The van der Waals surface area contributed by atoms with Gasteiger partial charge in [0.15, 0.2) is 0 Å². The lowest BCUT2D eigenvalue weighted by Gasteiger charge is -2.30. The van der Waals surface area contributed by atoms with Crippen molar-refractivity contribution < 1.29 is 0 Å². The van der Waals surface area contributed by atoms with Crippen LogP contribution in [-0.2, 0) is 0 Å². The third kappa shape index (κ3) is 3.64. The maximum atomic E-state index is 13.3. The monoisotopic (exact) mass is 375 g/mol. The van der Waals surface area contributed by atoms with E-state index in [-0.39, 0.29) is 5.56 Å². The van der Waals surface area contributed by atoms with Gasteiger partial charge in [0.25, 0.3) is 5.56 Å². The van der Waals surface area contributed by atoms with Gasteiger partial charge in [0.1, 0.15) is 0 Å². The predicted octanol–water partition coefficient (Wildman–Crippen LogP) is 2.80. The number of piperazine rings is 1. The first-order valence-corrected chi connectivity index (χ1v) is 9.58. The first kappa shape index (κ1) is 18.3. The molecule has 0 radical (unpaired) electrons. The van der Waals surface area contributed by atoms with E-state index in [1.807, 2.05) is 67.6 Å². The normalized spacial score (nSPS) is 15.8. The fourth-order valence-electron chi connectivity index (χ4n) is 3.50. The molecule has 0 unspecified atom stereocenters. The molecule has 1 N–H and O–H groups in total. The van der Waals surface area contributed by atoms with E-state index >= 15 is 0 Å². The predicted molar refractivity (Wildman–Crippen MR) is 113 cm³/mol. The van der Waals surface area contributed by atoms with Gasteiger partial charge in [-0.15, -0.1) is 0 Å². The Kier molecular flexibility index (Phi) is 5.12. The fraction of sp³-hybridized carbons (Fsp3) is 0.273. The lowest BCUT2D eigenvalue weighted by atomic mass is 10.1.